The van der Waals surface area contributed by atoms with E-state index in [2.05, 4.69) is 10.2 Å². The maximum Gasteiger partial charge on any atom is 0.264 e. The molecular weight excluding hydrogens is 394 g/mol. The first-order valence-electron chi connectivity index (χ1n) is 8.65. The second kappa shape index (κ2) is 7.96. The van der Waals surface area contributed by atoms with Crippen LogP contribution in [-0.2, 0) is 10.0 Å². The third-order valence-corrected chi connectivity index (χ3v) is 6.44. The van der Waals surface area contributed by atoms with Crippen LogP contribution in [-0.4, -0.2) is 39.9 Å². The molecule has 0 aliphatic carbocycles. The maximum atomic E-state index is 13.4. The highest BCUT2D eigenvalue weighted by Crippen LogP contribution is 2.35. The highest BCUT2D eigenvalue weighted by atomic mass is 32.2. The van der Waals surface area contributed by atoms with Crippen molar-refractivity contribution in [2.75, 3.05) is 25.6 Å². The average molecular weight is 415 g/mol. The maximum absolute atomic E-state index is 13.4. The van der Waals surface area contributed by atoms with Gasteiger partial charge in [-0.15, -0.1) is 0 Å². The highest BCUT2D eigenvalue weighted by molar-refractivity contribution is 7.92. The van der Waals surface area contributed by atoms with Crippen molar-refractivity contribution >= 4 is 15.7 Å². The molecule has 1 heterocycles. The van der Waals surface area contributed by atoms with Crippen molar-refractivity contribution in [3.8, 4) is 22.8 Å². The molecule has 29 heavy (non-hydrogen) atoms. The smallest absolute Gasteiger partial charge is 0.264 e. The molecule has 0 radical (unpaired) electrons. The van der Waals surface area contributed by atoms with Crippen LogP contribution in [0.2, 0.25) is 0 Å². The van der Waals surface area contributed by atoms with Crippen LogP contribution in [0.1, 0.15) is 5.56 Å². The number of nitrogens with one attached hydrogen (secondary N) is 1. The van der Waals surface area contributed by atoms with E-state index in [9.17, 15) is 13.2 Å². The number of nitrogens with zero attached hydrogens (tertiary/aromatic N) is 2. The van der Waals surface area contributed by atoms with Crippen LogP contribution in [0.3, 0.4) is 0 Å². The minimum Gasteiger partial charge on any atom is -0.497 e. The normalized spacial score (nSPS) is 11.2. The van der Waals surface area contributed by atoms with Gasteiger partial charge in [-0.25, -0.2) is 13.5 Å². The molecule has 0 saturated carbocycles. The Morgan fingerprint density at radius 2 is 1.76 bits per heavy atom. The first kappa shape index (κ1) is 20.4. The number of benzene rings is 2. The molecule has 1 N–H and O–H groups in total. The molecule has 0 aliphatic rings. The number of hydrogen-bond donors (Lipinski definition) is 1. The molecule has 1 aromatic heterocycles. The fraction of sp³-hybridized carbons (Fsp3) is 0.200. The summed E-state index contributed by atoms with van der Waals surface area (Å²) in [4.78, 5) is 11.4. The summed E-state index contributed by atoms with van der Waals surface area (Å²) in [6.07, 6.45) is 0. The second-order valence-electron chi connectivity index (χ2n) is 6.30. The Morgan fingerprint density at radius 1 is 1.00 bits per heavy atom. The molecule has 0 atom stereocenters. The molecule has 3 aromatic rings. The molecule has 0 spiro atoms. The average Bonchev–Trinajstić information content (AvgIpc) is 2.73. The Kier molecular flexibility index (Phi) is 5.60. The topological polar surface area (TPSA) is 102 Å². The summed E-state index contributed by atoms with van der Waals surface area (Å²) < 4.78 is 38.4. The molecule has 3 rings (SSSR count). The van der Waals surface area contributed by atoms with Crippen LogP contribution >= 0.6 is 0 Å². The molecule has 0 amide bonds. The quantitative estimate of drug-likeness (QED) is 0.664. The summed E-state index contributed by atoms with van der Waals surface area (Å²) in [7, 11) is 0.549. The molecular formula is C20H21N3O5S. The van der Waals surface area contributed by atoms with Crippen molar-refractivity contribution in [3.63, 3.8) is 0 Å². The number of anilines is 1. The monoisotopic (exact) mass is 415 g/mol. The molecule has 9 heteroatoms. The van der Waals surface area contributed by atoms with Gasteiger partial charge >= 0.3 is 0 Å². The summed E-state index contributed by atoms with van der Waals surface area (Å²) in [5, 5.41) is 6.32. The van der Waals surface area contributed by atoms with Crippen molar-refractivity contribution in [2.24, 2.45) is 0 Å². The molecule has 0 fully saturated rings. The lowest BCUT2D eigenvalue weighted by atomic mass is 10.1. The zero-order valence-corrected chi connectivity index (χ0v) is 17.3. The van der Waals surface area contributed by atoms with Crippen LogP contribution in [0.25, 0.3) is 11.3 Å². The van der Waals surface area contributed by atoms with Gasteiger partial charge in [-0.05, 0) is 36.8 Å². The van der Waals surface area contributed by atoms with E-state index in [0.29, 0.717) is 34.0 Å². The largest absolute Gasteiger partial charge is 0.497 e. The summed E-state index contributed by atoms with van der Waals surface area (Å²) >= 11 is 0. The van der Waals surface area contributed by atoms with Gasteiger partial charge in [0.1, 0.15) is 11.5 Å². The molecule has 2 aromatic carbocycles. The van der Waals surface area contributed by atoms with Crippen LogP contribution in [0.5, 0.6) is 11.5 Å². The molecule has 152 valence electrons. The van der Waals surface area contributed by atoms with Gasteiger partial charge in [-0.2, -0.15) is 5.10 Å². The first-order valence-corrected chi connectivity index (χ1v) is 10.1. The Bertz CT molecular complexity index is 1180. The predicted molar refractivity (Wildman–Crippen MR) is 110 cm³/mol. The lowest BCUT2D eigenvalue weighted by molar-refractivity contribution is 0.395. The number of aryl methyl sites for hydroxylation is 1. The van der Waals surface area contributed by atoms with Gasteiger partial charge in [0.05, 0.1) is 30.5 Å². The van der Waals surface area contributed by atoms with E-state index in [0.717, 1.165) is 4.31 Å². The summed E-state index contributed by atoms with van der Waals surface area (Å²) in [6, 6.07) is 12.8. The number of aromatic amines is 1. The van der Waals surface area contributed by atoms with Gasteiger partial charge in [0.2, 0.25) is 0 Å². The van der Waals surface area contributed by atoms with Crippen LogP contribution in [0.15, 0.2) is 58.2 Å². The fourth-order valence-corrected chi connectivity index (χ4v) is 4.32. The first-order chi connectivity index (χ1) is 13.8. The predicted octanol–water partition coefficient (Wildman–Crippen LogP) is 2.59. The van der Waals surface area contributed by atoms with E-state index < -0.39 is 10.0 Å². The van der Waals surface area contributed by atoms with Crippen molar-refractivity contribution in [3.05, 3.63) is 64.4 Å². The third kappa shape index (κ3) is 3.95. The van der Waals surface area contributed by atoms with Crippen LogP contribution < -0.4 is 19.3 Å². The number of ether oxygens (including phenoxy) is 2. The molecule has 8 nitrogen and oxygen atoms in total. The van der Waals surface area contributed by atoms with E-state index in [1.165, 1.54) is 39.5 Å². The standard InChI is InChI=1S/C20H21N3O5S/c1-13-5-6-14(16-8-10-20(24)22-21-16)11-19(13)29(25,26)23(2)17-9-7-15(27-3)12-18(17)28-4/h5-12H,1-4H3,(H,22,24). The zero-order chi connectivity index (χ0) is 21.2. The fourth-order valence-electron chi connectivity index (χ4n) is 2.86. The van der Waals surface area contributed by atoms with Gasteiger partial charge in [0, 0.05) is 24.7 Å². The summed E-state index contributed by atoms with van der Waals surface area (Å²) in [6.45, 7) is 1.72. The van der Waals surface area contributed by atoms with E-state index in [-0.39, 0.29) is 10.5 Å². The number of sulfonamides is 1. The van der Waals surface area contributed by atoms with Crippen molar-refractivity contribution in [2.45, 2.75) is 11.8 Å². The number of H-pyrrole nitrogens is 1. The third-order valence-electron chi connectivity index (χ3n) is 4.53. The summed E-state index contributed by atoms with van der Waals surface area (Å²) in [5.41, 5.74) is 1.66. The van der Waals surface area contributed by atoms with Gasteiger partial charge in [-0.1, -0.05) is 12.1 Å². The minimum absolute atomic E-state index is 0.128. The van der Waals surface area contributed by atoms with Gasteiger partial charge in [-0.3, -0.25) is 9.10 Å². The lowest BCUT2D eigenvalue weighted by Crippen LogP contribution is -2.27. The van der Waals surface area contributed by atoms with E-state index in [1.807, 2.05) is 0 Å². The van der Waals surface area contributed by atoms with E-state index in [1.54, 1.807) is 37.3 Å². The Morgan fingerprint density at radius 3 is 2.38 bits per heavy atom. The second-order valence-corrected chi connectivity index (χ2v) is 8.23. The van der Waals surface area contributed by atoms with Crippen LogP contribution in [0, 0.1) is 6.92 Å². The number of hydrogen-bond acceptors (Lipinski definition) is 6. The van der Waals surface area contributed by atoms with Gasteiger partial charge < -0.3 is 9.47 Å². The SMILES string of the molecule is COc1ccc(N(C)S(=O)(=O)c2cc(-c3ccc(=O)[nH]n3)ccc2C)c(OC)c1. The molecule has 0 bridgehead atoms. The number of rotatable bonds is 6. The molecule has 0 unspecified atom stereocenters. The van der Waals surface area contributed by atoms with Gasteiger partial charge in [0.25, 0.3) is 15.6 Å². The Balaban J connectivity index is 2.08. The lowest BCUT2D eigenvalue weighted by Gasteiger charge is -2.23. The van der Waals surface area contributed by atoms with E-state index >= 15 is 0 Å². The van der Waals surface area contributed by atoms with Crippen molar-refractivity contribution < 1.29 is 17.9 Å². The minimum atomic E-state index is -3.90. The summed E-state index contributed by atoms with van der Waals surface area (Å²) in [5.74, 6) is 0.922. The number of methoxy groups -OCH3 is 2. The molecule has 0 saturated heterocycles. The number of aromatic nitrogens is 2. The van der Waals surface area contributed by atoms with Crippen LogP contribution in [0.4, 0.5) is 5.69 Å². The van der Waals surface area contributed by atoms with Crippen molar-refractivity contribution in [1.29, 1.82) is 0 Å². The Hall–Kier alpha value is -3.33. The van der Waals surface area contributed by atoms with E-state index in [4.69, 9.17) is 9.47 Å². The van der Waals surface area contributed by atoms with Crippen molar-refractivity contribution in [1.82, 2.24) is 10.2 Å². The Labute approximate surface area is 168 Å². The molecule has 0 aliphatic heterocycles. The highest BCUT2D eigenvalue weighted by Gasteiger charge is 2.26. The van der Waals surface area contributed by atoms with Gasteiger partial charge in [0.15, 0.2) is 0 Å². The zero-order valence-electron chi connectivity index (χ0n) is 16.5.